The fraction of sp³-hybridized carbons (Fsp3) is 0.143. The van der Waals surface area contributed by atoms with Gasteiger partial charge in [0.1, 0.15) is 0 Å². The van der Waals surface area contributed by atoms with Crippen LogP contribution >= 0.6 is 9.24 Å². The molecule has 2 rings (SSSR count). The highest BCUT2D eigenvalue weighted by molar-refractivity contribution is 7.27. The van der Waals surface area contributed by atoms with Gasteiger partial charge in [0.2, 0.25) is 0 Å². The second-order valence-corrected chi connectivity index (χ2v) is 4.52. The summed E-state index contributed by atoms with van der Waals surface area (Å²) in [5.74, 6) is 0. The van der Waals surface area contributed by atoms with E-state index >= 15 is 0 Å². The van der Waals surface area contributed by atoms with E-state index in [-0.39, 0.29) is 0 Å². The molecule has 0 fully saturated rings. The van der Waals surface area contributed by atoms with Crippen LogP contribution in [0.1, 0.15) is 11.1 Å². The zero-order valence-corrected chi connectivity index (χ0v) is 10.8. The summed E-state index contributed by atoms with van der Waals surface area (Å²) in [6, 6.07) is 14.5. The van der Waals surface area contributed by atoms with Gasteiger partial charge in [0, 0.05) is 13.1 Å². The second kappa shape index (κ2) is 5.42. The minimum atomic E-state index is 0.525. The van der Waals surface area contributed by atoms with Gasteiger partial charge in [-0.15, -0.1) is 9.24 Å². The van der Waals surface area contributed by atoms with Gasteiger partial charge in [-0.3, -0.25) is 0 Å². The van der Waals surface area contributed by atoms with Crippen molar-refractivity contribution in [3.05, 3.63) is 53.6 Å². The van der Waals surface area contributed by atoms with Gasteiger partial charge >= 0.3 is 0 Å². The molecule has 4 N–H and O–H groups in total. The molecule has 0 aliphatic rings. The topological polar surface area (TPSA) is 52.0 Å². The smallest absolute Gasteiger partial charge is 0.0190 e. The van der Waals surface area contributed by atoms with Crippen molar-refractivity contribution in [2.24, 2.45) is 11.5 Å². The maximum atomic E-state index is 5.86. The standard InChI is InChI=1S/C14H17N2P/c15-8-11-6-7-12(13(9-16)14(11)17)10-4-2-1-3-5-10/h1-7H,8-9,15-17H2. The van der Waals surface area contributed by atoms with E-state index in [1.165, 1.54) is 11.1 Å². The van der Waals surface area contributed by atoms with Crippen LogP contribution in [0.3, 0.4) is 0 Å². The van der Waals surface area contributed by atoms with Crippen molar-refractivity contribution >= 4 is 14.5 Å². The predicted octanol–water partition coefficient (Wildman–Crippen LogP) is 1.77. The third-order valence-corrected chi connectivity index (χ3v) is 3.68. The summed E-state index contributed by atoms with van der Waals surface area (Å²) in [6.07, 6.45) is 0. The Morgan fingerprint density at radius 3 is 2.18 bits per heavy atom. The second-order valence-electron chi connectivity index (χ2n) is 3.94. The summed E-state index contributed by atoms with van der Waals surface area (Å²) in [5.41, 5.74) is 16.2. The van der Waals surface area contributed by atoms with E-state index in [0.29, 0.717) is 13.1 Å². The SMILES string of the molecule is NCc1ccc(-c2ccccc2)c(CN)c1P. The fourth-order valence-electron chi connectivity index (χ4n) is 2.00. The Morgan fingerprint density at radius 2 is 1.59 bits per heavy atom. The Labute approximate surface area is 104 Å². The lowest BCUT2D eigenvalue weighted by atomic mass is 9.97. The molecule has 1 unspecified atom stereocenters. The van der Waals surface area contributed by atoms with Crippen molar-refractivity contribution in [2.75, 3.05) is 0 Å². The van der Waals surface area contributed by atoms with Crippen molar-refractivity contribution < 1.29 is 0 Å². The van der Waals surface area contributed by atoms with Crippen molar-refractivity contribution in [1.29, 1.82) is 0 Å². The highest BCUT2D eigenvalue weighted by atomic mass is 31.0. The average molecular weight is 244 g/mol. The zero-order chi connectivity index (χ0) is 12.3. The average Bonchev–Trinajstić information content (AvgIpc) is 2.39. The third-order valence-electron chi connectivity index (χ3n) is 2.96. The van der Waals surface area contributed by atoms with E-state index in [1.54, 1.807) is 0 Å². The Bertz CT molecular complexity index is 509. The maximum Gasteiger partial charge on any atom is 0.0190 e. The highest BCUT2D eigenvalue weighted by Gasteiger charge is 2.09. The highest BCUT2D eigenvalue weighted by Crippen LogP contribution is 2.24. The molecule has 0 heterocycles. The Kier molecular flexibility index (Phi) is 3.90. The summed E-state index contributed by atoms with van der Waals surface area (Å²) in [4.78, 5) is 0. The predicted molar refractivity (Wildman–Crippen MR) is 77.0 cm³/mol. The first-order valence-corrected chi connectivity index (χ1v) is 6.21. The van der Waals surface area contributed by atoms with E-state index in [1.807, 2.05) is 18.2 Å². The summed E-state index contributed by atoms with van der Waals surface area (Å²) in [5, 5.41) is 1.14. The van der Waals surface area contributed by atoms with Crippen LogP contribution in [0, 0.1) is 0 Å². The molecule has 2 nitrogen and oxygen atoms in total. The van der Waals surface area contributed by atoms with Gasteiger partial charge in [0.15, 0.2) is 0 Å². The van der Waals surface area contributed by atoms with E-state index in [9.17, 15) is 0 Å². The van der Waals surface area contributed by atoms with Crippen LogP contribution in [0.5, 0.6) is 0 Å². The molecule has 0 aromatic heterocycles. The molecule has 2 aromatic rings. The van der Waals surface area contributed by atoms with Crippen LogP contribution in [0.2, 0.25) is 0 Å². The van der Waals surface area contributed by atoms with E-state index < -0.39 is 0 Å². The first-order valence-electron chi connectivity index (χ1n) is 5.63. The molecule has 1 atom stereocenters. The minimum absolute atomic E-state index is 0.525. The van der Waals surface area contributed by atoms with Crippen LogP contribution in [-0.2, 0) is 13.1 Å². The monoisotopic (exact) mass is 244 g/mol. The van der Waals surface area contributed by atoms with Crippen LogP contribution in [0.15, 0.2) is 42.5 Å². The van der Waals surface area contributed by atoms with Crippen molar-refractivity contribution in [1.82, 2.24) is 0 Å². The summed E-state index contributed by atoms with van der Waals surface area (Å²) in [7, 11) is 2.76. The lowest BCUT2D eigenvalue weighted by molar-refractivity contribution is 1.05. The number of benzene rings is 2. The number of hydrogen-bond acceptors (Lipinski definition) is 2. The van der Waals surface area contributed by atoms with Crippen molar-refractivity contribution in [3.8, 4) is 11.1 Å². The van der Waals surface area contributed by atoms with Gasteiger partial charge < -0.3 is 11.5 Å². The van der Waals surface area contributed by atoms with Gasteiger partial charge in [-0.25, -0.2) is 0 Å². The molecule has 17 heavy (non-hydrogen) atoms. The summed E-state index contributed by atoms with van der Waals surface area (Å²) in [6.45, 7) is 1.07. The molecular weight excluding hydrogens is 227 g/mol. The van der Waals surface area contributed by atoms with E-state index in [4.69, 9.17) is 11.5 Å². The molecule has 0 bridgehead atoms. The molecule has 0 spiro atoms. The number of rotatable bonds is 3. The van der Waals surface area contributed by atoms with Crippen molar-refractivity contribution in [2.45, 2.75) is 13.1 Å². The number of hydrogen-bond donors (Lipinski definition) is 2. The third kappa shape index (κ3) is 2.39. The van der Waals surface area contributed by atoms with Gasteiger partial charge in [0.25, 0.3) is 0 Å². The Balaban J connectivity index is 2.59. The molecule has 0 aliphatic carbocycles. The molecule has 88 valence electrons. The molecule has 0 radical (unpaired) electrons. The summed E-state index contributed by atoms with van der Waals surface area (Å²) >= 11 is 0. The van der Waals surface area contributed by atoms with E-state index in [0.717, 1.165) is 16.4 Å². The molecular formula is C14H17N2P. The lowest BCUT2D eigenvalue weighted by Gasteiger charge is -2.14. The van der Waals surface area contributed by atoms with Gasteiger partial charge in [-0.1, -0.05) is 42.5 Å². The molecule has 0 amide bonds. The molecule has 0 saturated carbocycles. The van der Waals surface area contributed by atoms with Gasteiger partial charge in [-0.05, 0) is 27.6 Å². The largest absolute Gasteiger partial charge is 0.326 e. The van der Waals surface area contributed by atoms with Crippen LogP contribution < -0.4 is 16.8 Å². The maximum absolute atomic E-state index is 5.86. The first kappa shape index (κ1) is 12.3. The molecule has 3 heteroatoms. The minimum Gasteiger partial charge on any atom is -0.326 e. The van der Waals surface area contributed by atoms with Gasteiger partial charge in [0.05, 0.1) is 0 Å². The molecule has 2 aromatic carbocycles. The van der Waals surface area contributed by atoms with Crippen molar-refractivity contribution in [3.63, 3.8) is 0 Å². The molecule has 0 saturated heterocycles. The fourth-order valence-corrected chi connectivity index (χ4v) is 2.49. The number of nitrogens with two attached hydrogens (primary N) is 2. The van der Waals surface area contributed by atoms with E-state index in [2.05, 4.69) is 33.5 Å². The Morgan fingerprint density at radius 1 is 0.882 bits per heavy atom. The lowest BCUT2D eigenvalue weighted by Crippen LogP contribution is -2.16. The van der Waals surface area contributed by atoms with Crippen LogP contribution in [0.25, 0.3) is 11.1 Å². The molecule has 0 aliphatic heterocycles. The first-order chi connectivity index (χ1) is 8.27. The van der Waals surface area contributed by atoms with Gasteiger partial charge in [-0.2, -0.15) is 0 Å². The Hall–Kier alpha value is -1.21. The summed E-state index contributed by atoms with van der Waals surface area (Å²) < 4.78 is 0. The zero-order valence-electron chi connectivity index (χ0n) is 9.69. The van der Waals surface area contributed by atoms with Crippen LogP contribution in [0.4, 0.5) is 0 Å². The normalized spacial score (nSPS) is 10.5. The van der Waals surface area contributed by atoms with Crippen LogP contribution in [-0.4, -0.2) is 0 Å². The quantitative estimate of drug-likeness (QED) is 0.808.